The molecule has 2 fully saturated rings. The zero-order valence-corrected chi connectivity index (χ0v) is 16.3. The van der Waals surface area contributed by atoms with E-state index < -0.39 is 22.8 Å². The van der Waals surface area contributed by atoms with Crippen molar-refractivity contribution in [2.75, 3.05) is 18.0 Å². The lowest BCUT2D eigenvalue weighted by Crippen LogP contribution is -2.22. The average Bonchev–Trinajstić information content (AvgIpc) is 3.26. The van der Waals surface area contributed by atoms with Gasteiger partial charge in [-0.1, -0.05) is 23.9 Å². The third-order valence-corrected chi connectivity index (χ3v) is 6.32. The highest BCUT2D eigenvalue weighted by molar-refractivity contribution is 5.92. The van der Waals surface area contributed by atoms with Gasteiger partial charge in [-0.3, -0.25) is 4.79 Å². The highest BCUT2D eigenvalue weighted by atomic mass is 16.4. The Kier molecular flexibility index (Phi) is 4.79. The van der Waals surface area contributed by atoms with Gasteiger partial charge in [0.1, 0.15) is 5.75 Å². The Morgan fingerprint density at radius 2 is 1.86 bits per heavy atom. The average molecular weight is 394 g/mol. The Hall–Kier alpha value is -3.27. The van der Waals surface area contributed by atoms with Gasteiger partial charge in [-0.25, -0.2) is 4.79 Å². The molecule has 0 bridgehead atoms. The van der Waals surface area contributed by atoms with Crippen LogP contribution in [0, 0.1) is 18.4 Å². The molecule has 7 heteroatoms. The first-order valence-electron chi connectivity index (χ1n) is 9.89. The first-order valence-corrected chi connectivity index (χ1v) is 9.89. The van der Waals surface area contributed by atoms with Crippen molar-refractivity contribution in [3.63, 3.8) is 0 Å². The molecule has 2 heterocycles. The summed E-state index contributed by atoms with van der Waals surface area (Å²) in [5.74, 6) is -0.661. The summed E-state index contributed by atoms with van der Waals surface area (Å²) < 4.78 is 0. The Labute approximate surface area is 168 Å². The Bertz CT molecular complexity index is 1040. The maximum Gasteiger partial charge on any atom is 0.345 e. The van der Waals surface area contributed by atoms with Crippen molar-refractivity contribution in [1.82, 2.24) is 4.98 Å². The lowest BCUT2D eigenvalue weighted by molar-refractivity contribution is 0.0691. The number of benzene rings is 1. The number of anilines is 1. The molecule has 1 aliphatic carbocycles. The van der Waals surface area contributed by atoms with Gasteiger partial charge in [0, 0.05) is 37.2 Å². The van der Waals surface area contributed by atoms with Crippen LogP contribution in [0.3, 0.4) is 0 Å². The lowest BCUT2D eigenvalue weighted by atomic mass is 10.0. The molecular weight excluding hydrogens is 370 g/mol. The normalized spacial score (nSPS) is 23.0. The summed E-state index contributed by atoms with van der Waals surface area (Å²) in [6, 6.07) is 8.08. The number of hydrogen-bond donors (Lipinski definition) is 3. The van der Waals surface area contributed by atoms with Crippen molar-refractivity contribution in [2.24, 2.45) is 11.8 Å². The maximum atomic E-state index is 12.2. The van der Waals surface area contributed by atoms with Crippen LogP contribution in [0.5, 0.6) is 5.75 Å². The number of aromatic carboxylic acids is 1. The number of aromatic hydroxyl groups is 1. The van der Waals surface area contributed by atoms with E-state index in [9.17, 15) is 19.8 Å². The molecule has 1 saturated carbocycles. The fourth-order valence-corrected chi connectivity index (χ4v) is 4.86. The number of hydrogen-bond acceptors (Lipinski definition) is 4. The van der Waals surface area contributed by atoms with Gasteiger partial charge in [-0.15, -0.1) is 0 Å². The summed E-state index contributed by atoms with van der Waals surface area (Å²) in [5, 5.41) is 19.5. The van der Waals surface area contributed by atoms with Gasteiger partial charge < -0.3 is 20.1 Å². The lowest BCUT2D eigenvalue weighted by Gasteiger charge is -2.20. The minimum absolute atomic E-state index is 0.292. The Morgan fingerprint density at radius 3 is 2.38 bits per heavy atom. The van der Waals surface area contributed by atoms with Crippen LogP contribution >= 0.6 is 0 Å². The zero-order chi connectivity index (χ0) is 20.7. The molecule has 1 aliphatic heterocycles. The number of pyridine rings is 1. The number of nitrogens with zero attached hydrogens (tertiary/aromatic N) is 2. The summed E-state index contributed by atoms with van der Waals surface area (Å²) in [4.78, 5) is 32.4. The van der Waals surface area contributed by atoms with Crippen LogP contribution in [-0.2, 0) is 6.42 Å². The molecule has 0 amide bonds. The van der Waals surface area contributed by atoms with E-state index in [2.05, 4.69) is 14.7 Å². The van der Waals surface area contributed by atoms with Gasteiger partial charge in [0.25, 0.3) is 18.2 Å². The van der Waals surface area contributed by atoms with E-state index in [0.29, 0.717) is 35.6 Å². The summed E-state index contributed by atoms with van der Waals surface area (Å²) in [6.07, 6.45) is 2.49. The number of aromatic amines is 1. The molecule has 2 atom stereocenters. The fourth-order valence-electron chi connectivity index (χ4n) is 4.86. The summed E-state index contributed by atoms with van der Waals surface area (Å²) in [6.45, 7) is 9.24. The summed E-state index contributed by atoms with van der Waals surface area (Å²) in [7, 11) is 0. The third-order valence-electron chi connectivity index (χ3n) is 6.32. The second-order valence-corrected chi connectivity index (χ2v) is 7.94. The largest absolute Gasteiger partial charge is 0.506 e. The van der Waals surface area contributed by atoms with Gasteiger partial charge in [-0.2, -0.15) is 0 Å². The van der Waals surface area contributed by atoms with Gasteiger partial charge in [-0.05, 0) is 36.0 Å². The molecule has 7 nitrogen and oxygen atoms in total. The number of rotatable bonds is 4. The van der Waals surface area contributed by atoms with Crippen molar-refractivity contribution in [1.29, 1.82) is 0 Å². The molecule has 4 rings (SSSR count). The molecule has 1 aromatic heterocycles. The van der Waals surface area contributed by atoms with Crippen LogP contribution in [0.4, 0.5) is 5.69 Å². The van der Waals surface area contributed by atoms with Crippen LogP contribution < -0.4 is 10.5 Å². The van der Waals surface area contributed by atoms with Gasteiger partial charge in [0.15, 0.2) is 5.56 Å². The van der Waals surface area contributed by atoms with E-state index in [-0.39, 0.29) is 0 Å². The third kappa shape index (κ3) is 3.25. The highest BCUT2D eigenvalue weighted by Gasteiger charge is 2.45. The molecule has 1 aromatic carbocycles. The second kappa shape index (κ2) is 7.28. The number of carboxylic acid groups (broad SMARTS) is 1. The van der Waals surface area contributed by atoms with E-state index in [1.165, 1.54) is 0 Å². The number of fused-ring (bicyclic) bond motifs is 1. The van der Waals surface area contributed by atoms with Crippen molar-refractivity contribution in [3.8, 4) is 23.6 Å². The smallest absolute Gasteiger partial charge is 0.345 e. The minimum atomic E-state index is -1.44. The Balaban J connectivity index is 1.60. The van der Waals surface area contributed by atoms with Crippen molar-refractivity contribution in [3.05, 3.63) is 50.6 Å². The van der Waals surface area contributed by atoms with Crippen LogP contribution in [0.25, 0.3) is 16.1 Å². The number of H-pyrrole nitrogens is 1. The second-order valence-electron chi connectivity index (χ2n) is 7.94. The van der Waals surface area contributed by atoms with E-state index in [4.69, 9.17) is 6.57 Å². The van der Waals surface area contributed by atoms with E-state index in [1.54, 1.807) is 6.92 Å². The fraction of sp³-hybridized carbons (Fsp3) is 0.409. The molecule has 150 valence electrons. The SMILES string of the molecule is C#[N+]C1CC2CN(c3ccc(-c4[nH]c(=O)c(C(=O)O)c(O)c4CC)cc3)CC2C1. The molecule has 2 aromatic rings. The first-order chi connectivity index (χ1) is 13.9. The van der Waals surface area contributed by atoms with Crippen molar-refractivity contribution >= 4 is 11.7 Å². The quantitative estimate of drug-likeness (QED) is 0.740. The van der Waals surface area contributed by atoms with Crippen LogP contribution in [0.15, 0.2) is 29.1 Å². The molecule has 2 aliphatic rings. The summed E-state index contributed by atoms with van der Waals surface area (Å²) >= 11 is 0. The monoisotopic (exact) mass is 394 g/mol. The molecule has 3 N–H and O–H groups in total. The Morgan fingerprint density at radius 1 is 1.24 bits per heavy atom. The first kappa shape index (κ1) is 19.1. The predicted octanol–water partition coefficient (Wildman–Crippen LogP) is 3.19. The van der Waals surface area contributed by atoms with Crippen LogP contribution in [-0.4, -0.2) is 40.3 Å². The molecule has 1 saturated heterocycles. The maximum absolute atomic E-state index is 12.2. The topological polar surface area (TPSA) is 98.0 Å². The molecular formula is C22H24N3O4+. The number of aromatic nitrogens is 1. The molecule has 29 heavy (non-hydrogen) atoms. The van der Waals surface area contributed by atoms with Gasteiger partial charge >= 0.3 is 5.97 Å². The molecule has 0 spiro atoms. The van der Waals surface area contributed by atoms with E-state index in [0.717, 1.165) is 37.2 Å². The standard InChI is InChI=1S/C22H23N3O4/c1-3-17-19(24-21(27)18(20(17)26)22(28)29)12-4-6-16(7-5-12)25-10-13-8-15(23-2)9-14(13)11-25/h2,4-7,13-15H,3,8-11H2,1H3,(H2-,24,26,27,28,29)/p+1. The van der Waals surface area contributed by atoms with Crippen molar-refractivity contribution < 1.29 is 15.0 Å². The number of nitrogens with one attached hydrogen (secondary N) is 1. The predicted molar refractivity (Wildman–Crippen MR) is 111 cm³/mol. The number of carbonyl (C=O) groups is 1. The van der Waals surface area contributed by atoms with Gasteiger partial charge in [0.05, 0.1) is 5.69 Å². The summed E-state index contributed by atoms with van der Waals surface area (Å²) in [5.41, 5.74) is 1.29. The van der Waals surface area contributed by atoms with Crippen LogP contribution in [0.1, 0.15) is 35.7 Å². The number of carboxylic acids is 1. The van der Waals surface area contributed by atoms with Gasteiger partial charge in [0.2, 0.25) is 0 Å². The minimum Gasteiger partial charge on any atom is -0.506 e. The van der Waals surface area contributed by atoms with E-state index >= 15 is 0 Å². The zero-order valence-electron chi connectivity index (χ0n) is 16.3. The molecule has 2 unspecified atom stereocenters. The van der Waals surface area contributed by atoms with Crippen LogP contribution in [0.2, 0.25) is 0 Å². The highest BCUT2D eigenvalue weighted by Crippen LogP contribution is 2.41. The van der Waals surface area contributed by atoms with Crippen molar-refractivity contribution in [2.45, 2.75) is 32.2 Å². The molecule has 0 radical (unpaired) electrons. The van der Waals surface area contributed by atoms with E-state index in [1.807, 2.05) is 24.3 Å².